The van der Waals surface area contributed by atoms with E-state index in [-0.39, 0.29) is 0 Å². The van der Waals surface area contributed by atoms with Gasteiger partial charge in [-0.1, -0.05) is 13.8 Å². The van der Waals surface area contributed by atoms with E-state index in [1.807, 2.05) is 0 Å². The molecule has 2 heterocycles. The number of hydrogen-bond acceptors (Lipinski definition) is 2. The van der Waals surface area contributed by atoms with E-state index in [1.165, 1.54) is 13.1 Å². The first-order chi connectivity index (χ1) is 5.27. The number of likely N-dealkylation sites (tertiary alicyclic amines) is 1. The summed E-state index contributed by atoms with van der Waals surface area (Å²) in [6.45, 7) is 9.21. The summed E-state index contributed by atoms with van der Waals surface area (Å²) in [6, 6.07) is 0.769. The summed E-state index contributed by atoms with van der Waals surface area (Å²) in [6.07, 6.45) is 0. The molecule has 0 saturated carbocycles. The predicted molar refractivity (Wildman–Crippen MR) is 44.5 cm³/mol. The molecule has 0 aliphatic carbocycles. The van der Waals surface area contributed by atoms with Gasteiger partial charge >= 0.3 is 0 Å². The third-order valence-electron chi connectivity index (χ3n) is 3.02. The number of ether oxygens (including phenoxy) is 1. The van der Waals surface area contributed by atoms with E-state index in [4.69, 9.17) is 4.74 Å². The maximum atomic E-state index is 5.15. The molecule has 0 aromatic carbocycles. The van der Waals surface area contributed by atoms with Crippen molar-refractivity contribution in [1.82, 2.24) is 4.90 Å². The molecule has 2 rings (SSSR count). The minimum atomic E-state index is 0.769. The van der Waals surface area contributed by atoms with Crippen LogP contribution in [0.1, 0.15) is 13.8 Å². The molecule has 2 nitrogen and oxygen atoms in total. The fraction of sp³-hybridized carbons (Fsp3) is 1.00. The van der Waals surface area contributed by atoms with Crippen LogP contribution in [0.15, 0.2) is 0 Å². The Morgan fingerprint density at radius 3 is 2.27 bits per heavy atom. The van der Waals surface area contributed by atoms with Crippen molar-refractivity contribution in [3.05, 3.63) is 0 Å². The Morgan fingerprint density at radius 1 is 1.27 bits per heavy atom. The predicted octanol–water partition coefficient (Wildman–Crippen LogP) is 0.973. The van der Waals surface area contributed by atoms with E-state index in [0.717, 1.165) is 31.1 Å². The topological polar surface area (TPSA) is 12.5 Å². The van der Waals surface area contributed by atoms with E-state index in [9.17, 15) is 0 Å². The summed E-state index contributed by atoms with van der Waals surface area (Å²) in [5.74, 6) is 1.82. The molecule has 0 unspecified atom stereocenters. The van der Waals surface area contributed by atoms with E-state index >= 15 is 0 Å². The molecule has 2 saturated heterocycles. The summed E-state index contributed by atoms with van der Waals surface area (Å²) in [5, 5.41) is 0. The molecule has 0 spiro atoms. The summed E-state index contributed by atoms with van der Waals surface area (Å²) in [5.41, 5.74) is 0. The Labute approximate surface area is 68.5 Å². The first-order valence-corrected chi connectivity index (χ1v) is 4.59. The SMILES string of the molecule is CC(C)C1CN(C2COC2)C1. The minimum Gasteiger partial charge on any atom is -0.378 e. The Morgan fingerprint density at radius 2 is 1.91 bits per heavy atom. The second kappa shape index (κ2) is 2.76. The second-order valence-corrected chi connectivity index (χ2v) is 4.15. The number of nitrogens with zero attached hydrogens (tertiary/aromatic N) is 1. The smallest absolute Gasteiger partial charge is 0.0645 e. The van der Waals surface area contributed by atoms with Crippen LogP contribution in [0.5, 0.6) is 0 Å². The second-order valence-electron chi connectivity index (χ2n) is 4.15. The fourth-order valence-corrected chi connectivity index (χ4v) is 1.70. The molecule has 0 N–H and O–H groups in total. The van der Waals surface area contributed by atoms with E-state index < -0.39 is 0 Å². The molecule has 0 aromatic heterocycles. The maximum Gasteiger partial charge on any atom is 0.0645 e. The molecule has 0 aromatic rings. The molecule has 64 valence electrons. The van der Waals surface area contributed by atoms with Crippen molar-refractivity contribution in [3.8, 4) is 0 Å². The summed E-state index contributed by atoms with van der Waals surface area (Å²) >= 11 is 0. The quantitative estimate of drug-likeness (QED) is 0.589. The molecule has 2 heteroatoms. The first kappa shape index (κ1) is 7.56. The third kappa shape index (κ3) is 1.30. The van der Waals surface area contributed by atoms with Gasteiger partial charge in [-0.05, 0) is 11.8 Å². The molecule has 11 heavy (non-hydrogen) atoms. The van der Waals surface area contributed by atoms with Crippen LogP contribution in [0, 0.1) is 11.8 Å². The van der Waals surface area contributed by atoms with Crippen LogP contribution in [0.2, 0.25) is 0 Å². The average Bonchev–Trinajstić information content (AvgIpc) is 1.70. The van der Waals surface area contributed by atoms with Crippen LogP contribution in [0.3, 0.4) is 0 Å². The minimum absolute atomic E-state index is 0.769. The van der Waals surface area contributed by atoms with Gasteiger partial charge in [-0.15, -0.1) is 0 Å². The van der Waals surface area contributed by atoms with Gasteiger partial charge in [-0.3, -0.25) is 4.90 Å². The molecule has 0 radical (unpaired) electrons. The third-order valence-corrected chi connectivity index (χ3v) is 3.02. The number of rotatable bonds is 2. The summed E-state index contributed by atoms with van der Waals surface area (Å²) in [4.78, 5) is 2.55. The maximum absolute atomic E-state index is 5.15. The van der Waals surface area contributed by atoms with Gasteiger partial charge in [0.2, 0.25) is 0 Å². The Balaban J connectivity index is 1.70. The Kier molecular flexibility index (Phi) is 1.90. The summed E-state index contributed by atoms with van der Waals surface area (Å²) in [7, 11) is 0. The lowest BCUT2D eigenvalue weighted by molar-refractivity contribution is -0.107. The first-order valence-electron chi connectivity index (χ1n) is 4.59. The van der Waals surface area contributed by atoms with Gasteiger partial charge in [0.05, 0.1) is 19.3 Å². The van der Waals surface area contributed by atoms with E-state index in [0.29, 0.717) is 0 Å². The van der Waals surface area contributed by atoms with Crippen LogP contribution in [-0.2, 0) is 4.74 Å². The van der Waals surface area contributed by atoms with Gasteiger partial charge in [-0.25, -0.2) is 0 Å². The van der Waals surface area contributed by atoms with Crippen molar-refractivity contribution in [2.75, 3.05) is 26.3 Å². The number of hydrogen-bond donors (Lipinski definition) is 0. The van der Waals surface area contributed by atoms with Crippen LogP contribution in [0.4, 0.5) is 0 Å². The van der Waals surface area contributed by atoms with Gasteiger partial charge in [0.15, 0.2) is 0 Å². The van der Waals surface area contributed by atoms with Crippen LogP contribution in [0.25, 0.3) is 0 Å². The van der Waals surface area contributed by atoms with Crippen LogP contribution in [-0.4, -0.2) is 37.2 Å². The fourth-order valence-electron chi connectivity index (χ4n) is 1.70. The lowest BCUT2D eigenvalue weighted by atomic mass is 9.87. The molecule has 0 bridgehead atoms. The van der Waals surface area contributed by atoms with Crippen LogP contribution < -0.4 is 0 Å². The van der Waals surface area contributed by atoms with Crippen molar-refractivity contribution in [2.24, 2.45) is 11.8 Å². The highest BCUT2D eigenvalue weighted by Gasteiger charge is 2.36. The van der Waals surface area contributed by atoms with Gasteiger partial charge < -0.3 is 4.74 Å². The Bertz CT molecular complexity index is 136. The highest BCUT2D eigenvalue weighted by atomic mass is 16.5. The van der Waals surface area contributed by atoms with Crippen molar-refractivity contribution in [1.29, 1.82) is 0 Å². The van der Waals surface area contributed by atoms with Gasteiger partial charge in [0, 0.05) is 13.1 Å². The molecule has 2 fully saturated rings. The average molecular weight is 155 g/mol. The van der Waals surface area contributed by atoms with E-state index in [1.54, 1.807) is 0 Å². The van der Waals surface area contributed by atoms with Crippen molar-refractivity contribution >= 4 is 0 Å². The largest absolute Gasteiger partial charge is 0.378 e. The highest BCUT2D eigenvalue weighted by Crippen LogP contribution is 2.27. The monoisotopic (exact) mass is 155 g/mol. The van der Waals surface area contributed by atoms with Gasteiger partial charge in [0.25, 0.3) is 0 Å². The van der Waals surface area contributed by atoms with Gasteiger partial charge in [0.1, 0.15) is 0 Å². The zero-order chi connectivity index (χ0) is 7.84. The van der Waals surface area contributed by atoms with Crippen molar-refractivity contribution in [3.63, 3.8) is 0 Å². The van der Waals surface area contributed by atoms with Crippen LogP contribution >= 0.6 is 0 Å². The van der Waals surface area contributed by atoms with Crippen molar-refractivity contribution in [2.45, 2.75) is 19.9 Å². The molecule has 0 atom stereocenters. The highest BCUT2D eigenvalue weighted by molar-refractivity contribution is 4.89. The lowest BCUT2D eigenvalue weighted by Crippen LogP contribution is -2.60. The molecular weight excluding hydrogens is 138 g/mol. The zero-order valence-corrected chi connectivity index (χ0v) is 7.42. The van der Waals surface area contributed by atoms with E-state index in [2.05, 4.69) is 18.7 Å². The normalized spacial score (nSPS) is 28.6. The molecule has 0 amide bonds. The zero-order valence-electron chi connectivity index (χ0n) is 7.42. The van der Waals surface area contributed by atoms with Crippen molar-refractivity contribution < 1.29 is 4.74 Å². The summed E-state index contributed by atoms with van der Waals surface area (Å²) < 4.78 is 5.15. The molecule has 2 aliphatic rings. The Hall–Kier alpha value is -0.0800. The molecule has 2 aliphatic heterocycles. The van der Waals surface area contributed by atoms with Gasteiger partial charge in [-0.2, -0.15) is 0 Å². The standard InChI is InChI=1S/C9H17NO/c1-7(2)8-3-10(4-8)9-5-11-6-9/h7-9H,3-6H2,1-2H3. The molecular formula is C9H17NO. The lowest BCUT2D eigenvalue weighted by Gasteiger charge is -2.48.